The van der Waals surface area contributed by atoms with Crippen molar-refractivity contribution in [2.75, 3.05) is 5.32 Å². The van der Waals surface area contributed by atoms with Crippen LogP contribution in [0.25, 0.3) is 16.9 Å². The molecule has 6 rings (SSSR count). The summed E-state index contributed by atoms with van der Waals surface area (Å²) in [5, 5.41) is 11.0. The molecule has 0 bridgehead atoms. The average Bonchev–Trinajstić information content (AvgIpc) is 3.70. The van der Waals surface area contributed by atoms with Gasteiger partial charge in [0, 0.05) is 22.1 Å². The number of nitrogens with one attached hydrogen (secondary N) is 1. The number of anilines is 1. The third-order valence-electron chi connectivity index (χ3n) is 7.03. The Hall–Kier alpha value is -4.52. The molecule has 1 aliphatic heterocycles. The second kappa shape index (κ2) is 12.3. The highest BCUT2D eigenvalue weighted by Crippen LogP contribution is 2.48. The molecule has 3 aromatic carbocycles. The van der Waals surface area contributed by atoms with Gasteiger partial charge in [-0.1, -0.05) is 47.4 Å². The fourth-order valence-corrected chi connectivity index (χ4v) is 5.16. The van der Waals surface area contributed by atoms with E-state index < -0.39 is 39.8 Å². The molecule has 1 amide bonds. The molecule has 47 heavy (non-hydrogen) atoms. The van der Waals surface area contributed by atoms with Gasteiger partial charge in [-0.05, 0) is 74.2 Å². The number of ether oxygens (including phenoxy) is 1. The van der Waals surface area contributed by atoms with Crippen molar-refractivity contribution in [2.45, 2.75) is 42.6 Å². The van der Waals surface area contributed by atoms with Crippen molar-refractivity contribution >= 4 is 33.4 Å². The molecule has 1 aliphatic carbocycles. The minimum Gasteiger partial charge on any atom is -0.415 e. The van der Waals surface area contributed by atoms with E-state index in [0.29, 0.717) is 5.56 Å². The van der Waals surface area contributed by atoms with Crippen LogP contribution < -0.4 is 10.5 Å². The van der Waals surface area contributed by atoms with E-state index in [1.54, 1.807) is 24.3 Å². The van der Waals surface area contributed by atoms with E-state index in [1.165, 1.54) is 36.4 Å². The lowest BCUT2D eigenvalue weighted by Gasteiger charge is -2.35. The van der Waals surface area contributed by atoms with Crippen LogP contribution in [0, 0.1) is 24.7 Å². The first-order valence-electron chi connectivity index (χ1n) is 13.6. The lowest BCUT2D eigenvalue weighted by Crippen LogP contribution is -2.49. The van der Waals surface area contributed by atoms with Crippen LogP contribution in [0.5, 0.6) is 0 Å². The third kappa shape index (κ3) is 7.40. The molecule has 2 heterocycles. The molecular weight excluding hydrogens is 674 g/mol. The molecule has 0 unspecified atom stereocenters. The van der Waals surface area contributed by atoms with Gasteiger partial charge in [0.15, 0.2) is 5.69 Å². The Morgan fingerprint density at radius 3 is 2.19 bits per heavy atom. The maximum Gasteiger partial charge on any atom is 0.445 e. The van der Waals surface area contributed by atoms with E-state index in [2.05, 4.69) is 27.0 Å². The number of nitrogens with two attached hydrogens (primary N) is 1. The van der Waals surface area contributed by atoms with E-state index >= 15 is 0 Å². The first kappa shape index (κ1) is 33.8. The molecule has 2 aliphatic rings. The molecule has 1 aromatic heterocycles. The number of cyclic esters (lactones) is 1. The van der Waals surface area contributed by atoms with Gasteiger partial charge < -0.3 is 4.74 Å². The number of hydrogen-bond acceptors (Lipinski definition) is 5. The number of primary sulfonamides is 1. The molecule has 0 radical (unpaired) electrons. The van der Waals surface area contributed by atoms with Gasteiger partial charge >= 0.3 is 18.4 Å². The van der Waals surface area contributed by atoms with Crippen LogP contribution in [0.2, 0.25) is 5.02 Å². The second-order valence-electron chi connectivity index (χ2n) is 10.7. The molecule has 8 nitrogen and oxygen atoms in total. The summed E-state index contributed by atoms with van der Waals surface area (Å²) < 4.78 is 109. The van der Waals surface area contributed by atoms with E-state index in [-0.39, 0.29) is 38.5 Å². The number of sulfonamides is 1. The monoisotopic (exact) mass is 696 g/mol. The molecule has 1 saturated carbocycles. The van der Waals surface area contributed by atoms with Crippen molar-refractivity contribution in [3.05, 3.63) is 94.6 Å². The van der Waals surface area contributed by atoms with Gasteiger partial charge in [-0.2, -0.15) is 31.4 Å². The van der Waals surface area contributed by atoms with Crippen LogP contribution in [-0.4, -0.2) is 30.5 Å². The highest BCUT2D eigenvalue weighted by Gasteiger charge is 2.62. The highest BCUT2D eigenvalue weighted by atomic mass is 35.5. The predicted molar refractivity (Wildman–Crippen MR) is 160 cm³/mol. The molecular formula is C31H23ClF6N4O4S. The fourth-order valence-electron chi connectivity index (χ4n) is 4.48. The number of rotatable bonds is 3. The summed E-state index contributed by atoms with van der Waals surface area (Å²) in [6, 6.07) is 16.9. The maximum absolute atomic E-state index is 13.6. The number of alkyl halides is 6. The summed E-state index contributed by atoms with van der Waals surface area (Å²) in [5.74, 6) is 4.60. The number of aryl methyl sites for hydroxylation is 1. The highest BCUT2D eigenvalue weighted by molar-refractivity contribution is 7.89. The predicted octanol–water partition coefficient (Wildman–Crippen LogP) is 7.59. The Morgan fingerprint density at radius 1 is 1.00 bits per heavy atom. The van der Waals surface area contributed by atoms with Crippen LogP contribution in [0.4, 0.5) is 36.8 Å². The van der Waals surface area contributed by atoms with Gasteiger partial charge in [-0.3, -0.25) is 5.32 Å². The number of fused-ring (bicyclic) bond motifs is 1. The zero-order valence-electron chi connectivity index (χ0n) is 24.1. The van der Waals surface area contributed by atoms with Crippen molar-refractivity contribution in [3.8, 4) is 28.8 Å². The van der Waals surface area contributed by atoms with E-state index in [1.807, 2.05) is 6.92 Å². The number of aromatic nitrogens is 2. The minimum atomic E-state index is -4.87. The van der Waals surface area contributed by atoms with E-state index in [4.69, 9.17) is 16.7 Å². The molecule has 1 atom stereocenters. The molecule has 0 spiro atoms. The van der Waals surface area contributed by atoms with Crippen LogP contribution in [0.1, 0.15) is 29.7 Å². The summed E-state index contributed by atoms with van der Waals surface area (Å²) in [6.45, 7) is 1.87. The summed E-state index contributed by atoms with van der Waals surface area (Å²) in [5.41, 5.74) is -2.28. The number of halogens is 7. The van der Waals surface area contributed by atoms with Crippen molar-refractivity contribution in [1.29, 1.82) is 0 Å². The van der Waals surface area contributed by atoms with E-state index in [0.717, 1.165) is 35.2 Å². The Morgan fingerprint density at radius 2 is 1.64 bits per heavy atom. The average molecular weight is 697 g/mol. The molecule has 0 saturated heterocycles. The lowest BCUT2D eigenvalue weighted by molar-refractivity contribution is -0.239. The molecule has 1 fully saturated rings. The number of nitrogens with zero attached hydrogens (tertiary/aromatic N) is 2. The Bertz CT molecular complexity index is 2000. The Kier molecular flexibility index (Phi) is 8.82. The summed E-state index contributed by atoms with van der Waals surface area (Å²) >= 11 is 5.78. The molecule has 16 heteroatoms. The normalized spacial score (nSPS) is 17.7. The summed E-state index contributed by atoms with van der Waals surface area (Å²) in [6.07, 6.45) is -9.14. The third-order valence-corrected chi connectivity index (χ3v) is 8.19. The van der Waals surface area contributed by atoms with Crippen LogP contribution >= 0.6 is 11.6 Å². The number of hydrogen-bond donors (Lipinski definition) is 2. The van der Waals surface area contributed by atoms with Crippen molar-refractivity contribution in [3.63, 3.8) is 0 Å². The van der Waals surface area contributed by atoms with Gasteiger partial charge in [-0.25, -0.2) is 23.0 Å². The Labute approximate surface area is 269 Å². The number of carbonyl (C=O) groups excluding carboxylic acids is 1. The standard InChI is InChI=1S/C17H14F3N3O2S.C14H9ClF3NO2/c1-11-2-4-12(5-3-11)15-10-16(17(18,19)20)22-23(15)13-6-8-14(9-7-13)26(21,24)25;15-9-3-4-11-10(7-9)13(14(16,17)18,21-12(20)19-11)6-5-8-1-2-8/h2-10H,1H3,(H2,21,24,25);3-4,7-8H,1-2H2,(H,19,20)/t;13-/m.0/s1. The maximum atomic E-state index is 13.6. The number of amides is 1. The first-order chi connectivity index (χ1) is 21.9. The lowest BCUT2D eigenvalue weighted by atomic mass is 9.90. The topological polar surface area (TPSA) is 116 Å². The van der Waals surface area contributed by atoms with Crippen molar-refractivity contribution < 1.29 is 44.3 Å². The van der Waals surface area contributed by atoms with Gasteiger partial charge in [0.2, 0.25) is 10.0 Å². The molecule has 246 valence electrons. The quantitative estimate of drug-likeness (QED) is 0.169. The minimum absolute atomic E-state index is 0.00179. The Balaban J connectivity index is 0.000000189. The zero-order valence-corrected chi connectivity index (χ0v) is 25.7. The van der Waals surface area contributed by atoms with Gasteiger partial charge in [0.1, 0.15) is 0 Å². The van der Waals surface area contributed by atoms with E-state index in [9.17, 15) is 39.6 Å². The van der Waals surface area contributed by atoms with Gasteiger partial charge in [0.25, 0.3) is 5.60 Å². The summed E-state index contributed by atoms with van der Waals surface area (Å²) in [7, 11) is -3.90. The van der Waals surface area contributed by atoms with Crippen molar-refractivity contribution in [1.82, 2.24) is 9.78 Å². The van der Waals surface area contributed by atoms with Crippen LogP contribution in [0.15, 0.2) is 77.7 Å². The second-order valence-corrected chi connectivity index (χ2v) is 12.7. The SMILES string of the molecule is Cc1ccc(-c2cc(C(F)(F)F)nn2-c2ccc(S(N)(=O)=O)cc2)cc1.O=C1Nc2ccc(Cl)cc2[C@@](C#CC2CC2)(C(F)(F)F)O1. The van der Waals surface area contributed by atoms with Crippen molar-refractivity contribution in [2.24, 2.45) is 11.1 Å². The van der Waals surface area contributed by atoms with Gasteiger partial charge in [-0.15, -0.1) is 0 Å². The number of benzene rings is 3. The number of carbonyl (C=O) groups is 1. The van der Waals surface area contributed by atoms with Crippen LogP contribution in [-0.2, 0) is 26.5 Å². The molecule has 4 aromatic rings. The van der Waals surface area contributed by atoms with Gasteiger partial charge in [0.05, 0.1) is 22.0 Å². The summed E-state index contributed by atoms with van der Waals surface area (Å²) in [4.78, 5) is 11.4. The first-order valence-corrected chi connectivity index (χ1v) is 15.6. The fraction of sp³-hybridized carbons (Fsp3) is 0.226. The smallest absolute Gasteiger partial charge is 0.415 e. The zero-order chi connectivity index (χ0) is 34.4. The molecule has 3 N–H and O–H groups in total. The largest absolute Gasteiger partial charge is 0.445 e. The van der Waals surface area contributed by atoms with Crippen LogP contribution in [0.3, 0.4) is 0 Å².